The molecule has 150 valence electrons. The first-order chi connectivity index (χ1) is 13.9. The Labute approximate surface area is 170 Å². The number of urea groups is 1. The highest BCUT2D eigenvalue weighted by atomic mass is 16.3. The molecular formula is C23H25N3O3. The Morgan fingerprint density at radius 2 is 1.97 bits per heavy atom. The van der Waals surface area contributed by atoms with Gasteiger partial charge in [-0.3, -0.25) is 4.79 Å². The summed E-state index contributed by atoms with van der Waals surface area (Å²) in [7, 11) is 1.68. The van der Waals surface area contributed by atoms with Crippen LogP contribution in [0.4, 0.5) is 10.5 Å². The van der Waals surface area contributed by atoms with Gasteiger partial charge in [0.1, 0.15) is 17.4 Å². The summed E-state index contributed by atoms with van der Waals surface area (Å²) < 4.78 is 5.69. The lowest BCUT2D eigenvalue weighted by molar-refractivity contribution is -0.131. The maximum atomic E-state index is 12.8. The van der Waals surface area contributed by atoms with Gasteiger partial charge in [0.25, 0.3) is 0 Å². The van der Waals surface area contributed by atoms with E-state index in [0.717, 1.165) is 27.9 Å². The molecule has 0 spiro atoms. The lowest BCUT2D eigenvalue weighted by atomic mass is 10.1. The summed E-state index contributed by atoms with van der Waals surface area (Å²) in [5.74, 6) is 0.860. The summed E-state index contributed by atoms with van der Waals surface area (Å²) in [5.41, 5.74) is 3.64. The molecule has 6 nitrogen and oxygen atoms in total. The number of rotatable bonds is 4. The molecule has 4 rings (SSSR count). The number of hydrogen-bond donors (Lipinski definition) is 1. The minimum atomic E-state index is -0.444. The predicted molar refractivity (Wildman–Crippen MR) is 113 cm³/mol. The third-order valence-electron chi connectivity index (χ3n) is 5.70. The molecule has 0 radical (unpaired) electrons. The maximum Gasteiger partial charge on any atom is 0.322 e. The number of carbonyl (C=O) groups is 2. The second kappa shape index (κ2) is 7.62. The minimum absolute atomic E-state index is 0.0109. The first-order valence-electron chi connectivity index (χ1n) is 9.80. The third-order valence-corrected chi connectivity index (χ3v) is 5.70. The Hall–Kier alpha value is -3.28. The minimum Gasteiger partial charge on any atom is -0.461 e. The average molecular weight is 391 g/mol. The van der Waals surface area contributed by atoms with Gasteiger partial charge in [0.05, 0.1) is 0 Å². The molecule has 2 aromatic carbocycles. The highest BCUT2D eigenvalue weighted by Crippen LogP contribution is 2.27. The van der Waals surface area contributed by atoms with Crippen LogP contribution in [0.25, 0.3) is 11.0 Å². The SMILES string of the molecule is Cc1oc2ccc(NC(=O)N(C)[C@@H]3CCN(Cc4ccccc4)C3=O)cc2c1C. The quantitative estimate of drug-likeness (QED) is 0.720. The topological polar surface area (TPSA) is 65.8 Å². The molecule has 1 saturated heterocycles. The van der Waals surface area contributed by atoms with Crippen LogP contribution in [-0.2, 0) is 11.3 Å². The molecule has 3 aromatic rings. The number of hydrogen-bond acceptors (Lipinski definition) is 3. The van der Waals surface area contributed by atoms with E-state index in [9.17, 15) is 9.59 Å². The number of aryl methyl sites for hydroxylation is 2. The van der Waals surface area contributed by atoms with Crippen molar-refractivity contribution in [3.63, 3.8) is 0 Å². The van der Waals surface area contributed by atoms with Crippen LogP contribution < -0.4 is 5.32 Å². The second-order valence-electron chi connectivity index (χ2n) is 7.59. The van der Waals surface area contributed by atoms with Crippen LogP contribution in [0.2, 0.25) is 0 Å². The molecule has 1 aliphatic rings. The van der Waals surface area contributed by atoms with E-state index in [-0.39, 0.29) is 11.9 Å². The van der Waals surface area contributed by atoms with Gasteiger partial charge in [0.2, 0.25) is 5.91 Å². The van der Waals surface area contributed by atoms with Gasteiger partial charge in [-0.15, -0.1) is 0 Å². The molecule has 2 heterocycles. The molecule has 29 heavy (non-hydrogen) atoms. The molecule has 6 heteroatoms. The lowest BCUT2D eigenvalue weighted by Crippen LogP contribution is -2.44. The standard InChI is InChI=1S/C23H25N3O3/c1-15-16(2)29-21-10-9-18(13-19(15)21)24-23(28)25(3)20-11-12-26(22(20)27)14-17-7-5-4-6-8-17/h4-10,13,20H,11-12,14H2,1-3H3,(H,24,28)/t20-/m1/s1. The van der Waals surface area contributed by atoms with E-state index in [2.05, 4.69) is 5.32 Å². The Balaban J connectivity index is 1.43. The Kier molecular flexibility index (Phi) is 5.01. The maximum absolute atomic E-state index is 12.8. The summed E-state index contributed by atoms with van der Waals surface area (Å²) in [6.45, 7) is 5.14. The van der Waals surface area contributed by atoms with Crippen molar-refractivity contribution in [1.29, 1.82) is 0 Å². The fourth-order valence-corrected chi connectivity index (χ4v) is 3.82. The molecule has 1 atom stereocenters. The van der Waals surface area contributed by atoms with Crippen molar-refractivity contribution in [3.8, 4) is 0 Å². The van der Waals surface area contributed by atoms with Crippen LogP contribution in [0, 0.1) is 13.8 Å². The summed E-state index contributed by atoms with van der Waals surface area (Å²) in [6, 6.07) is 14.7. The molecule has 1 N–H and O–H groups in total. The molecule has 0 bridgehead atoms. The Bertz CT molecular complexity index is 1060. The van der Waals surface area contributed by atoms with Gasteiger partial charge < -0.3 is 19.5 Å². The Morgan fingerprint density at radius 1 is 1.21 bits per heavy atom. The van der Waals surface area contributed by atoms with E-state index in [1.165, 1.54) is 4.90 Å². The van der Waals surface area contributed by atoms with Crippen molar-refractivity contribution in [2.75, 3.05) is 18.9 Å². The van der Waals surface area contributed by atoms with E-state index < -0.39 is 6.04 Å². The number of furan rings is 1. The smallest absolute Gasteiger partial charge is 0.322 e. The van der Waals surface area contributed by atoms with Gasteiger partial charge in [0, 0.05) is 31.2 Å². The van der Waals surface area contributed by atoms with Crippen molar-refractivity contribution in [2.45, 2.75) is 32.9 Å². The van der Waals surface area contributed by atoms with Crippen LogP contribution in [0.1, 0.15) is 23.3 Å². The first kappa shape index (κ1) is 19.1. The lowest BCUT2D eigenvalue weighted by Gasteiger charge is -2.24. The number of likely N-dealkylation sites (tertiary alicyclic amines) is 1. The van der Waals surface area contributed by atoms with Gasteiger partial charge in [-0.1, -0.05) is 30.3 Å². The van der Waals surface area contributed by atoms with Crippen molar-refractivity contribution < 1.29 is 14.0 Å². The monoisotopic (exact) mass is 391 g/mol. The van der Waals surface area contributed by atoms with Gasteiger partial charge >= 0.3 is 6.03 Å². The number of likely N-dealkylation sites (N-methyl/N-ethyl adjacent to an activating group) is 1. The van der Waals surface area contributed by atoms with Crippen molar-refractivity contribution in [1.82, 2.24) is 9.80 Å². The van der Waals surface area contributed by atoms with Crippen molar-refractivity contribution in [2.24, 2.45) is 0 Å². The highest BCUT2D eigenvalue weighted by Gasteiger charge is 2.36. The number of amides is 3. The molecule has 1 aliphatic heterocycles. The molecule has 0 saturated carbocycles. The summed E-state index contributed by atoms with van der Waals surface area (Å²) >= 11 is 0. The summed E-state index contributed by atoms with van der Waals surface area (Å²) in [6.07, 6.45) is 0.634. The van der Waals surface area contributed by atoms with Gasteiger partial charge in [-0.25, -0.2) is 4.79 Å². The van der Waals surface area contributed by atoms with E-state index in [4.69, 9.17) is 4.42 Å². The zero-order chi connectivity index (χ0) is 20.5. The fourth-order valence-electron chi connectivity index (χ4n) is 3.82. The number of nitrogens with zero attached hydrogens (tertiary/aromatic N) is 2. The Morgan fingerprint density at radius 3 is 2.72 bits per heavy atom. The van der Waals surface area contributed by atoms with Crippen LogP contribution in [-0.4, -0.2) is 41.4 Å². The number of nitrogens with one attached hydrogen (secondary N) is 1. The normalized spacial score (nSPS) is 16.4. The third kappa shape index (κ3) is 3.70. The number of fused-ring (bicyclic) bond motifs is 1. The summed E-state index contributed by atoms with van der Waals surface area (Å²) in [5, 5.41) is 3.89. The summed E-state index contributed by atoms with van der Waals surface area (Å²) in [4.78, 5) is 28.9. The van der Waals surface area contributed by atoms with Crippen molar-refractivity contribution in [3.05, 3.63) is 65.4 Å². The van der Waals surface area contributed by atoms with Crippen LogP contribution in [0.3, 0.4) is 0 Å². The number of carbonyl (C=O) groups excluding carboxylic acids is 2. The van der Waals surface area contributed by atoms with Gasteiger partial charge in [0.15, 0.2) is 0 Å². The number of benzene rings is 2. The van der Waals surface area contributed by atoms with E-state index >= 15 is 0 Å². The fraction of sp³-hybridized carbons (Fsp3) is 0.304. The molecule has 1 fully saturated rings. The predicted octanol–water partition coefficient (Wildman–Crippen LogP) is 4.31. The largest absolute Gasteiger partial charge is 0.461 e. The molecule has 0 unspecified atom stereocenters. The zero-order valence-corrected chi connectivity index (χ0v) is 16.9. The van der Waals surface area contributed by atoms with Gasteiger partial charge in [-0.05, 0) is 49.6 Å². The average Bonchev–Trinajstić information content (AvgIpc) is 3.22. The van der Waals surface area contributed by atoms with E-state index in [1.807, 2.05) is 67.3 Å². The second-order valence-corrected chi connectivity index (χ2v) is 7.59. The van der Waals surface area contributed by atoms with E-state index in [1.54, 1.807) is 7.05 Å². The first-order valence-corrected chi connectivity index (χ1v) is 9.80. The molecule has 3 amide bonds. The molecular weight excluding hydrogens is 366 g/mol. The molecule has 0 aliphatic carbocycles. The van der Waals surface area contributed by atoms with Crippen molar-refractivity contribution >= 4 is 28.6 Å². The number of anilines is 1. The highest BCUT2D eigenvalue weighted by molar-refractivity contribution is 5.96. The van der Waals surface area contributed by atoms with Crippen LogP contribution in [0.15, 0.2) is 52.9 Å². The van der Waals surface area contributed by atoms with Gasteiger partial charge in [-0.2, -0.15) is 0 Å². The molecule has 1 aromatic heterocycles. The van der Waals surface area contributed by atoms with E-state index in [0.29, 0.717) is 25.2 Å². The zero-order valence-electron chi connectivity index (χ0n) is 16.9. The van der Waals surface area contributed by atoms with Crippen LogP contribution >= 0.6 is 0 Å². The van der Waals surface area contributed by atoms with Crippen LogP contribution in [0.5, 0.6) is 0 Å².